The molecule has 0 saturated carbocycles. The molecule has 0 radical (unpaired) electrons. The molecule has 1 amide bonds. The number of carbonyl (C=O) groups excluding carboxylic acids is 1. The molecule has 0 atom stereocenters. The lowest BCUT2D eigenvalue weighted by Gasteiger charge is -2.13. The van der Waals surface area contributed by atoms with Gasteiger partial charge in [0.1, 0.15) is 24.7 Å². The minimum atomic E-state index is -0.103. The topological polar surface area (TPSA) is 56.2 Å². The maximum absolute atomic E-state index is 12.9. The third kappa shape index (κ3) is 3.93. The van der Waals surface area contributed by atoms with E-state index in [9.17, 15) is 4.79 Å². The highest BCUT2D eigenvalue weighted by Crippen LogP contribution is 2.26. The van der Waals surface area contributed by atoms with E-state index in [-0.39, 0.29) is 19.1 Å². The largest absolute Gasteiger partial charge is 0.485 e. The molecule has 0 aliphatic carbocycles. The van der Waals surface area contributed by atoms with Crippen LogP contribution in [0, 0.1) is 6.92 Å². The van der Waals surface area contributed by atoms with Crippen LogP contribution in [0.1, 0.15) is 11.4 Å². The molecule has 5 rings (SSSR count). The van der Waals surface area contributed by atoms with Crippen molar-refractivity contribution in [2.24, 2.45) is 0 Å². The molecule has 1 heterocycles. The van der Waals surface area contributed by atoms with E-state index in [1.165, 1.54) is 0 Å². The van der Waals surface area contributed by atoms with E-state index in [1.807, 2.05) is 90.4 Å². The lowest BCUT2D eigenvalue weighted by atomic mass is 10.1. The van der Waals surface area contributed by atoms with Crippen molar-refractivity contribution in [3.63, 3.8) is 0 Å². The third-order valence-corrected chi connectivity index (χ3v) is 5.56. The van der Waals surface area contributed by atoms with E-state index in [0.717, 1.165) is 38.8 Å². The smallest absolute Gasteiger partial charge is 0.244 e. The molecule has 0 fully saturated rings. The van der Waals surface area contributed by atoms with E-state index in [0.29, 0.717) is 5.82 Å². The molecule has 1 aromatic heterocycles. The maximum atomic E-state index is 12.9. The second kappa shape index (κ2) is 8.55. The number of para-hydroxylation sites is 3. The number of aryl methyl sites for hydroxylation is 1. The van der Waals surface area contributed by atoms with Crippen molar-refractivity contribution < 1.29 is 9.53 Å². The molecule has 5 heteroatoms. The van der Waals surface area contributed by atoms with Gasteiger partial charge in [-0.25, -0.2) is 4.98 Å². The molecule has 0 aliphatic heterocycles. The first kappa shape index (κ1) is 19.8. The number of nitrogens with zero attached hydrogens (tertiary/aromatic N) is 2. The molecule has 5 nitrogen and oxygen atoms in total. The van der Waals surface area contributed by atoms with Crippen molar-refractivity contribution in [1.82, 2.24) is 9.55 Å². The van der Waals surface area contributed by atoms with Gasteiger partial charge < -0.3 is 14.6 Å². The Hall–Kier alpha value is -4.12. The van der Waals surface area contributed by atoms with Crippen molar-refractivity contribution in [1.29, 1.82) is 0 Å². The Morgan fingerprint density at radius 1 is 0.906 bits per heavy atom. The number of ether oxygens (including phenoxy) is 1. The average molecular weight is 422 g/mol. The Balaban J connectivity index is 1.42. The normalized spacial score (nSPS) is 11.0. The lowest BCUT2D eigenvalue weighted by Crippen LogP contribution is -2.21. The molecule has 0 spiro atoms. The van der Waals surface area contributed by atoms with Gasteiger partial charge in [-0.15, -0.1) is 0 Å². The van der Waals surface area contributed by atoms with Crippen molar-refractivity contribution in [3.05, 3.63) is 102 Å². The SMILES string of the molecule is Cc1ccccc1NC(=O)Cn1c(COc2cccc3ccccc23)nc2ccccc21. The van der Waals surface area contributed by atoms with E-state index < -0.39 is 0 Å². The number of hydrogen-bond acceptors (Lipinski definition) is 3. The zero-order valence-corrected chi connectivity index (χ0v) is 17.8. The van der Waals surface area contributed by atoms with Crippen LogP contribution in [-0.2, 0) is 17.9 Å². The first-order chi connectivity index (χ1) is 15.7. The quantitative estimate of drug-likeness (QED) is 0.382. The Morgan fingerprint density at radius 3 is 2.56 bits per heavy atom. The molecule has 0 saturated heterocycles. The van der Waals surface area contributed by atoms with Crippen LogP contribution >= 0.6 is 0 Å². The average Bonchev–Trinajstić information content (AvgIpc) is 3.16. The van der Waals surface area contributed by atoms with Crippen LogP contribution in [0.25, 0.3) is 21.8 Å². The monoisotopic (exact) mass is 421 g/mol. The zero-order valence-electron chi connectivity index (χ0n) is 17.8. The number of hydrogen-bond donors (Lipinski definition) is 1. The maximum Gasteiger partial charge on any atom is 0.244 e. The summed E-state index contributed by atoms with van der Waals surface area (Å²) in [6, 6.07) is 29.7. The summed E-state index contributed by atoms with van der Waals surface area (Å²) in [5.74, 6) is 1.40. The molecule has 4 aromatic carbocycles. The van der Waals surface area contributed by atoms with E-state index in [4.69, 9.17) is 9.72 Å². The predicted molar refractivity (Wildman–Crippen MR) is 128 cm³/mol. The fourth-order valence-corrected chi connectivity index (χ4v) is 3.92. The standard InChI is InChI=1S/C27H23N3O2/c1-19-9-2-5-13-22(19)29-27(31)17-30-24-15-7-6-14-23(24)28-26(30)18-32-25-16-8-11-20-10-3-4-12-21(20)25/h2-16H,17-18H2,1H3,(H,29,31). The van der Waals surface area contributed by atoms with Gasteiger partial charge >= 0.3 is 0 Å². The van der Waals surface area contributed by atoms with Crippen molar-refractivity contribution in [3.8, 4) is 5.75 Å². The summed E-state index contributed by atoms with van der Waals surface area (Å²) in [5, 5.41) is 5.18. The number of carbonyl (C=O) groups is 1. The summed E-state index contributed by atoms with van der Waals surface area (Å²) in [6.07, 6.45) is 0. The van der Waals surface area contributed by atoms with Gasteiger partial charge in [0.05, 0.1) is 11.0 Å². The zero-order chi connectivity index (χ0) is 21.9. The molecule has 5 aromatic rings. The van der Waals surface area contributed by atoms with E-state index in [1.54, 1.807) is 0 Å². The van der Waals surface area contributed by atoms with Crippen LogP contribution in [0.15, 0.2) is 91.0 Å². The minimum absolute atomic E-state index is 0.103. The summed E-state index contributed by atoms with van der Waals surface area (Å²) < 4.78 is 8.10. The molecule has 0 unspecified atom stereocenters. The summed E-state index contributed by atoms with van der Waals surface area (Å²) in [4.78, 5) is 17.6. The number of imidazole rings is 1. The molecule has 32 heavy (non-hydrogen) atoms. The van der Waals surface area contributed by atoms with Gasteiger partial charge in [0.25, 0.3) is 0 Å². The van der Waals surface area contributed by atoms with Crippen LogP contribution < -0.4 is 10.1 Å². The van der Waals surface area contributed by atoms with Gasteiger partial charge in [0.15, 0.2) is 0 Å². The first-order valence-electron chi connectivity index (χ1n) is 10.6. The highest BCUT2D eigenvalue weighted by atomic mass is 16.5. The molecule has 158 valence electrons. The number of fused-ring (bicyclic) bond motifs is 2. The number of aromatic nitrogens is 2. The third-order valence-electron chi connectivity index (χ3n) is 5.56. The second-order valence-corrected chi connectivity index (χ2v) is 7.73. The second-order valence-electron chi connectivity index (χ2n) is 7.73. The van der Waals surface area contributed by atoms with Gasteiger partial charge in [-0.3, -0.25) is 4.79 Å². The number of rotatable bonds is 6. The first-order valence-corrected chi connectivity index (χ1v) is 10.6. The van der Waals surface area contributed by atoms with Crippen molar-refractivity contribution >= 4 is 33.4 Å². The molecular weight excluding hydrogens is 398 g/mol. The molecular formula is C27H23N3O2. The Morgan fingerprint density at radius 2 is 1.66 bits per heavy atom. The van der Waals surface area contributed by atoms with Crippen LogP contribution in [0.5, 0.6) is 5.75 Å². The number of anilines is 1. The van der Waals surface area contributed by atoms with E-state index >= 15 is 0 Å². The number of amides is 1. The fraction of sp³-hybridized carbons (Fsp3) is 0.111. The van der Waals surface area contributed by atoms with Gasteiger partial charge in [-0.2, -0.15) is 0 Å². The Kier molecular flexibility index (Phi) is 5.30. The van der Waals surface area contributed by atoms with Crippen molar-refractivity contribution in [2.75, 3.05) is 5.32 Å². The minimum Gasteiger partial charge on any atom is -0.485 e. The van der Waals surface area contributed by atoms with E-state index in [2.05, 4.69) is 17.4 Å². The summed E-state index contributed by atoms with van der Waals surface area (Å²) >= 11 is 0. The van der Waals surface area contributed by atoms with Gasteiger partial charge in [0, 0.05) is 11.1 Å². The number of nitrogens with one attached hydrogen (secondary N) is 1. The predicted octanol–water partition coefficient (Wildman–Crippen LogP) is 5.72. The van der Waals surface area contributed by atoms with Crippen LogP contribution in [0.2, 0.25) is 0 Å². The molecule has 0 aliphatic rings. The molecule has 0 bridgehead atoms. The number of benzene rings is 4. The highest BCUT2D eigenvalue weighted by Gasteiger charge is 2.15. The fourth-order valence-electron chi connectivity index (χ4n) is 3.92. The summed E-state index contributed by atoms with van der Waals surface area (Å²) in [5.41, 5.74) is 3.59. The van der Waals surface area contributed by atoms with Crippen LogP contribution in [0.3, 0.4) is 0 Å². The van der Waals surface area contributed by atoms with Crippen molar-refractivity contribution in [2.45, 2.75) is 20.1 Å². The Labute approximate surface area is 186 Å². The highest BCUT2D eigenvalue weighted by molar-refractivity contribution is 5.92. The van der Waals surface area contributed by atoms with Crippen LogP contribution in [-0.4, -0.2) is 15.5 Å². The Bertz CT molecular complexity index is 1420. The summed E-state index contributed by atoms with van der Waals surface area (Å²) in [7, 11) is 0. The van der Waals surface area contributed by atoms with Gasteiger partial charge in [-0.05, 0) is 42.1 Å². The molecule has 1 N–H and O–H groups in total. The van der Waals surface area contributed by atoms with Gasteiger partial charge in [-0.1, -0.05) is 66.7 Å². The van der Waals surface area contributed by atoms with Crippen LogP contribution in [0.4, 0.5) is 5.69 Å². The van der Waals surface area contributed by atoms with Gasteiger partial charge in [0.2, 0.25) is 5.91 Å². The summed E-state index contributed by atoms with van der Waals surface area (Å²) in [6.45, 7) is 2.40. The lowest BCUT2D eigenvalue weighted by molar-refractivity contribution is -0.116.